The fraction of sp³-hybridized carbons (Fsp3) is 0.111. The van der Waals surface area contributed by atoms with Gasteiger partial charge in [-0.1, -0.05) is 63.2 Å². The summed E-state index contributed by atoms with van der Waals surface area (Å²) in [6, 6.07) is 46.1. The second-order valence-electron chi connectivity index (χ2n) is 14.4. The van der Waals surface area contributed by atoms with Crippen LogP contribution in [0.15, 0.2) is 150 Å². The Morgan fingerprint density at radius 2 is 1.37 bits per heavy atom. The molecule has 0 N–H and O–H groups in total. The molecule has 1 aliphatic rings. The van der Waals surface area contributed by atoms with Crippen LogP contribution < -0.4 is 14.5 Å². The standard InChI is InChI=1S/C45H35N5O2/c1-45(2,3)29-21-23-46-43(24-29)50-38-14-6-4-12-34(38)35-19-18-33(27-40(35)50)51-32-11-8-10-30(25-32)49-28-48(39-15-9-22-47-44(39)49)31-17-20-42-37(26-31)36-13-5-7-16-41(36)52-42/h4-27H,28H2,1-3H3. The monoisotopic (exact) mass is 677 g/mol. The molecule has 0 atom stereocenters. The predicted molar refractivity (Wildman–Crippen MR) is 211 cm³/mol. The summed E-state index contributed by atoms with van der Waals surface area (Å²) in [5.74, 6) is 3.29. The lowest BCUT2D eigenvalue weighted by molar-refractivity contribution is 0.483. The molecule has 0 radical (unpaired) electrons. The number of benzene rings is 5. The number of furan rings is 1. The molecule has 5 aromatic carbocycles. The van der Waals surface area contributed by atoms with E-state index in [1.54, 1.807) is 0 Å². The van der Waals surface area contributed by atoms with Gasteiger partial charge in [0.15, 0.2) is 5.82 Å². The number of pyridine rings is 2. The van der Waals surface area contributed by atoms with Crippen LogP contribution in [-0.2, 0) is 5.41 Å². The normalized spacial score (nSPS) is 13.1. The number of hydrogen-bond donors (Lipinski definition) is 0. The summed E-state index contributed by atoms with van der Waals surface area (Å²) >= 11 is 0. The molecule has 0 saturated carbocycles. The summed E-state index contributed by atoms with van der Waals surface area (Å²) in [4.78, 5) is 14.2. The molecular formula is C45H35N5O2. The van der Waals surface area contributed by atoms with Crippen molar-refractivity contribution < 1.29 is 9.15 Å². The highest BCUT2D eigenvalue weighted by atomic mass is 16.5. The van der Waals surface area contributed by atoms with Crippen LogP contribution in [0, 0.1) is 0 Å². The van der Waals surface area contributed by atoms with E-state index in [2.05, 4.69) is 138 Å². The van der Waals surface area contributed by atoms with Crippen molar-refractivity contribution in [3.63, 3.8) is 0 Å². The van der Waals surface area contributed by atoms with Crippen molar-refractivity contribution >= 4 is 66.6 Å². The molecule has 1 aliphatic heterocycles. The molecule has 0 saturated heterocycles. The highest BCUT2D eigenvalue weighted by molar-refractivity contribution is 6.09. The summed E-state index contributed by atoms with van der Waals surface area (Å²) < 4.78 is 15.0. The third-order valence-corrected chi connectivity index (χ3v) is 10.1. The first-order valence-corrected chi connectivity index (χ1v) is 17.6. The maximum Gasteiger partial charge on any atom is 0.158 e. The van der Waals surface area contributed by atoms with Gasteiger partial charge in [-0.3, -0.25) is 4.57 Å². The van der Waals surface area contributed by atoms with Gasteiger partial charge in [0.2, 0.25) is 0 Å². The summed E-state index contributed by atoms with van der Waals surface area (Å²) in [7, 11) is 0. The fourth-order valence-electron chi connectivity index (χ4n) is 7.52. The van der Waals surface area contributed by atoms with Crippen molar-refractivity contribution in [1.82, 2.24) is 14.5 Å². The summed E-state index contributed by atoms with van der Waals surface area (Å²) in [5, 5.41) is 4.54. The van der Waals surface area contributed by atoms with Crippen molar-refractivity contribution in [3.05, 3.63) is 151 Å². The third-order valence-electron chi connectivity index (χ3n) is 10.1. The van der Waals surface area contributed by atoms with Crippen LogP contribution in [0.4, 0.5) is 22.9 Å². The Hall–Kier alpha value is -6.60. The van der Waals surface area contributed by atoms with Crippen LogP contribution in [-0.4, -0.2) is 21.2 Å². The van der Waals surface area contributed by atoms with Gasteiger partial charge < -0.3 is 19.0 Å². The highest BCUT2D eigenvalue weighted by Gasteiger charge is 2.30. The number of nitrogens with zero attached hydrogens (tertiary/aromatic N) is 5. The predicted octanol–water partition coefficient (Wildman–Crippen LogP) is 11.8. The van der Waals surface area contributed by atoms with Crippen LogP contribution in [0.1, 0.15) is 26.3 Å². The van der Waals surface area contributed by atoms with Gasteiger partial charge in [-0.25, -0.2) is 9.97 Å². The van der Waals surface area contributed by atoms with E-state index in [0.29, 0.717) is 6.67 Å². The molecule has 10 rings (SSSR count). The molecule has 0 bridgehead atoms. The number of ether oxygens (including phenoxy) is 1. The maximum atomic E-state index is 6.63. The van der Waals surface area contributed by atoms with Gasteiger partial charge in [0, 0.05) is 57.4 Å². The van der Waals surface area contributed by atoms with Gasteiger partial charge in [0.25, 0.3) is 0 Å². The molecule has 0 spiro atoms. The van der Waals surface area contributed by atoms with Crippen molar-refractivity contribution in [1.29, 1.82) is 0 Å². The van der Waals surface area contributed by atoms with E-state index in [-0.39, 0.29) is 5.41 Å². The average Bonchev–Trinajstić information content (AvgIpc) is 3.84. The zero-order valence-electron chi connectivity index (χ0n) is 29.1. The van der Waals surface area contributed by atoms with E-state index in [1.807, 2.05) is 42.7 Å². The van der Waals surface area contributed by atoms with Crippen molar-refractivity contribution in [2.24, 2.45) is 0 Å². The Morgan fingerprint density at radius 3 is 2.27 bits per heavy atom. The first kappa shape index (κ1) is 30.2. The molecule has 7 heteroatoms. The molecular weight excluding hydrogens is 643 g/mol. The maximum absolute atomic E-state index is 6.63. The second kappa shape index (κ2) is 11.5. The second-order valence-corrected chi connectivity index (χ2v) is 14.4. The Kier molecular flexibility index (Phi) is 6.67. The van der Waals surface area contributed by atoms with E-state index in [4.69, 9.17) is 19.1 Å². The topological polar surface area (TPSA) is 59.6 Å². The fourth-order valence-corrected chi connectivity index (χ4v) is 7.52. The number of aromatic nitrogens is 3. The van der Waals surface area contributed by atoms with Crippen molar-refractivity contribution in [2.45, 2.75) is 26.2 Å². The van der Waals surface area contributed by atoms with E-state index in [1.165, 1.54) is 10.9 Å². The lowest BCUT2D eigenvalue weighted by Gasteiger charge is -2.22. The number of para-hydroxylation sites is 2. The summed E-state index contributed by atoms with van der Waals surface area (Å²) in [6.07, 6.45) is 3.76. The minimum absolute atomic E-state index is 0.000440. The van der Waals surface area contributed by atoms with Gasteiger partial charge in [0.05, 0.1) is 16.7 Å². The van der Waals surface area contributed by atoms with Gasteiger partial charge >= 0.3 is 0 Å². The SMILES string of the molecule is CC(C)(C)c1ccnc(-n2c3ccccc3c3ccc(Oc4cccc(N5CN(c6ccc7oc8ccccc8c7c6)c6cccnc65)c4)cc32)c1. The van der Waals surface area contributed by atoms with E-state index in [0.717, 1.165) is 78.6 Å². The smallest absolute Gasteiger partial charge is 0.158 e. The molecule has 7 nitrogen and oxygen atoms in total. The molecule has 0 aliphatic carbocycles. The largest absolute Gasteiger partial charge is 0.457 e. The van der Waals surface area contributed by atoms with Gasteiger partial charge in [-0.05, 0) is 89.8 Å². The number of anilines is 4. The Morgan fingerprint density at radius 1 is 0.577 bits per heavy atom. The molecule has 0 amide bonds. The number of rotatable bonds is 5. The Labute approximate surface area is 300 Å². The Balaban J connectivity index is 1.00. The molecule has 52 heavy (non-hydrogen) atoms. The minimum atomic E-state index is 0.000440. The lowest BCUT2D eigenvalue weighted by Crippen LogP contribution is -2.24. The lowest BCUT2D eigenvalue weighted by atomic mass is 9.88. The molecule has 0 fully saturated rings. The Bertz CT molecular complexity index is 2830. The highest BCUT2D eigenvalue weighted by Crippen LogP contribution is 2.45. The van der Waals surface area contributed by atoms with E-state index in [9.17, 15) is 0 Å². The molecule has 4 aromatic heterocycles. The van der Waals surface area contributed by atoms with Crippen LogP contribution in [0.5, 0.6) is 11.5 Å². The quantitative estimate of drug-likeness (QED) is 0.181. The van der Waals surface area contributed by atoms with E-state index < -0.39 is 0 Å². The minimum Gasteiger partial charge on any atom is -0.457 e. The van der Waals surface area contributed by atoms with Crippen LogP contribution in [0.3, 0.4) is 0 Å². The first-order valence-electron chi connectivity index (χ1n) is 17.6. The summed E-state index contributed by atoms with van der Waals surface area (Å²) in [6.45, 7) is 7.29. The average molecular weight is 678 g/mol. The zero-order chi connectivity index (χ0) is 35.0. The van der Waals surface area contributed by atoms with Crippen LogP contribution in [0.25, 0.3) is 49.6 Å². The number of fused-ring (bicyclic) bond motifs is 7. The first-order chi connectivity index (χ1) is 25.4. The zero-order valence-corrected chi connectivity index (χ0v) is 29.1. The van der Waals surface area contributed by atoms with Crippen LogP contribution in [0.2, 0.25) is 0 Å². The number of hydrogen-bond acceptors (Lipinski definition) is 6. The van der Waals surface area contributed by atoms with Crippen molar-refractivity contribution in [3.8, 4) is 17.3 Å². The molecule has 9 aromatic rings. The van der Waals surface area contributed by atoms with Gasteiger partial charge in [-0.15, -0.1) is 0 Å². The van der Waals surface area contributed by atoms with Gasteiger partial charge in [0.1, 0.15) is 35.2 Å². The molecule has 0 unspecified atom stereocenters. The molecule has 5 heterocycles. The van der Waals surface area contributed by atoms with Gasteiger partial charge in [-0.2, -0.15) is 0 Å². The third kappa shape index (κ3) is 4.88. The van der Waals surface area contributed by atoms with E-state index >= 15 is 0 Å². The molecule has 252 valence electrons. The van der Waals surface area contributed by atoms with Crippen LogP contribution >= 0.6 is 0 Å². The summed E-state index contributed by atoms with van der Waals surface area (Å²) in [5.41, 5.74) is 8.28. The van der Waals surface area contributed by atoms with Crippen molar-refractivity contribution in [2.75, 3.05) is 16.5 Å².